The van der Waals surface area contributed by atoms with E-state index in [4.69, 9.17) is 4.74 Å². The summed E-state index contributed by atoms with van der Waals surface area (Å²) in [6.07, 6.45) is 5.52. The second-order valence-electron chi connectivity index (χ2n) is 8.51. The van der Waals surface area contributed by atoms with Gasteiger partial charge in [-0.3, -0.25) is 14.4 Å². The minimum Gasteiger partial charge on any atom is -0.497 e. The van der Waals surface area contributed by atoms with Crippen LogP contribution in [0.3, 0.4) is 0 Å². The summed E-state index contributed by atoms with van der Waals surface area (Å²) in [5.74, 6) is -2.97. The van der Waals surface area contributed by atoms with Crippen molar-refractivity contribution in [2.45, 2.75) is 17.4 Å². The Morgan fingerprint density at radius 1 is 1.12 bits per heavy atom. The van der Waals surface area contributed by atoms with Crippen LogP contribution < -0.4 is 20.7 Å². The normalized spacial score (nSPS) is 17.2. The van der Waals surface area contributed by atoms with Gasteiger partial charge in [0.05, 0.1) is 18.7 Å². The Labute approximate surface area is 192 Å². The molecule has 178 valence electrons. The van der Waals surface area contributed by atoms with Gasteiger partial charge in [0, 0.05) is 23.9 Å². The molecular formula is C23H27F2N3O4S. The number of carbonyl (C=O) groups is 3. The van der Waals surface area contributed by atoms with Crippen LogP contribution in [0.2, 0.25) is 0 Å². The smallest absolute Gasteiger partial charge is 0.251 e. The molecular weight excluding hydrogens is 452 g/mol. The highest BCUT2D eigenvalue weighted by Gasteiger charge is 2.32. The van der Waals surface area contributed by atoms with E-state index >= 15 is 0 Å². The molecule has 2 atom stereocenters. The van der Waals surface area contributed by atoms with Gasteiger partial charge in [-0.1, -0.05) is 12.1 Å². The van der Waals surface area contributed by atoms with E-state index in [-0.39, 0.29) is 29.5 Å². The second-order valence-corrected chi connectivity index (χ2v) is 12.6. The lowest BCUT2D eigenvalue weighted by atomic mass is 10.0. The highest BCUT2D eigenvalue weighted by Crippen LogP contribution is 2.47. The fraction of sp³-hybridized carbons (Fsp3) is 0.348. The lowest BCUT2D eigenvalue weighted by Crippen LogP contribution is -2.40. The SMILES string of the molecule is COc1ccc(C(NC(=O)C2CNC(=O)C2)C(=O)Nc2cc(F)c(S(C)(C)C)cc2F)cc1. The van der Waals surface area contributed by atoms with E-state index in [1.54, 1.807) is 24.3 Å². The van der Waals surface area contributed by atoms with Crippen molar-refractivity contribution < 1.29 is 27.9 Å². The molecule has 1 fully saturated rings. The van der Waals surface area contributed by atoms with E-state index in [2.05, 4.69) is 16.0 Å². The minimum absolute atomic E-state index is 0.0131. The zero-order valence-corrected chi connectivity index (χ0v) is 19.6. The van der Waals surface area contributed by atoms with E-state index in [1.165, 1.54) is 7.11 Å². The van der Waals surface area contributed by atoms with Gasteiger partial charge in [-0.15, -0.1) is 0 Å². The van der Waals surface area contributed by atoms with E-state index in [0.717, 1.165) is 12.1 Å². The molecule has 33 heavy (non-hydrogen) atoms. The lowest BCUT2D eigenvalue weighted by molar-refractivity contribution is -0.129. The topological polar surface area (TPSA) is 96.5 Å². The van der Waals surface area contributed by atoms with Crippen molar-refractivity contribution in [3.05, 3.63) is 53.6 Å². The third kappa shape index (κ3) is 5.81. The Morgan fingerprint density at radius 2 is 1.79 bits per heavy atom. The van der Waals surface area contributed by atoms with Crippen LogP contribution in [-0.2, 0) is 14.4 Å². The fourth-order valence-electron chi connectivity index (χ4n) is 3.45. The molecule has 1 aliphatic heterocycles. The maximum absolute atomic E-state index is 14.7. The maximum atomic E-state index is 14.7. The van der Waals surface area contributed by atoms with Gasteiger partial charge in [0.25, 0.3) is 5.91 Å². The minimum atomic E-state index is -1.53. The quantitative estimate of drug-likeness (QED) is 0.569. The molecule has 3 rings (SSSR count). The molecule has 10 heteroatoms. The molecule has 0 radical (unpaired) electrons. The molecule has 2 aromatic rings. The number of carbonyl (C=O) groups excluding carboxylic acids is 3. The van der Waals surface area contributed by atoms with Crippen LogP contribution in [0.15, 0.2) is 41.3 Å². The van der Waals surface area contributed by atoms with Crippen LogP contribution >= 0.6 is 10.0 Å². The van der Waals surface area contributed by atoms with E-state index < -0.39 is 45.4 Å². The lowest BCUT2D eigenvalue weighted by Gasteiger charge is -2.27. The summed E-state index contributed by atoms with van der Waals surface area (Å²) in [5.41, 5.74) is 0.0888. The van der Waals surface area contributed by atoms with Crippen molar-refractivity contribution in [1.82, 2.24) is 10.6 Å². The fourth-order valence-corrected chi connectivity index (χ4v) is 4.55. The Balaban J connectivity index is 1.88. The first-order valence-electron chi connectivity index (χ1n) is 10.2. The number of anilines is 1. The Hall–Kier alpha value is -3.14. The first-order chi connectivity index (χ1) is 15.5. The van der Waals surface area contributed by atoms with Gasteiger partial charge in [-0.2, -0.15) is 0 Å². The Kier molecular flexibility index (Phi) is 7.26. The van der Waals surface area contributed by atoms with Crippen molar-refractivity contribution >= 4 is 33.4 Å². The molecule has 0 aromatic heterocycles. The zero-order valence-electron chi connectivity index (χ0n) is 18.8. The zero-order chi connectivity index (χ0) is 24.3. The highest BCUT2D eigenvalue weighted by atomic mass is 32.3. The number of rotatable bonds is 7. The molecule has 1 saturated heterocycles. The number of ether oxygens (including phenoxy) is 1. The number of hydrogen-bond acceptors (Lipinski definition) is 4. The Bertz CT molecular complexity index is 1070. The molecule has 1 aliphatic rings. The van der Waals surface area contributed by atoms with Crippen molar-refractivity contribution in [3.63, 3.8) is 0 Å². The van der Waals surface area contributed by atoms with Crippen LogP contribution in [0, 0.1) is 17.6 Å². The van der Waals surface area contributed by atoms with Crippen molar-refractivity contribution in [2.75, 3.05) is 37.7 Å². The van der Waals surface area contributed by atoms with Gasteiger partial charge < -0.3 is 20.7 Å². The van der Waals surface area contributed by atoms with Gasteiger partial charge in [0.15, 0.2) is 0 Å². The summed E-state index contributed by atoms with van der Waals surface area (Å²) >= 11 is 0. The van der Waals surface area contributed by atoms with Gasteiger partial charge >= 0.3 is 0 Å². The van der Waals surface area contributed by atoms with Crippen LogP contribution in [0.25, 0.3) is 0 Å². The molecule has 0 aliphatic carbocycles. The number of nitrogens with one attached hydrogen (secondary N) is 3. The van der Waals surface area contributed by atoms with E-state index in [9.17, 15) is 23.2 Å². The van der Waals surface area contributed by atoms with Crippen LogP contribution in [-0.4, -0.2) is 50.1 Å². The predicted octanol–water partition coefficient (Wildman–Crippen LogP) is 2.96. The molecule has 1 heterocycles. The summed E-state index contributed by atoms with van der Waals surface area (Å²) in [7, 11) is -0.0356. The van der Waals surface area contributed by atoms with Crippen LogP contribution in [0.5, 0.6) is 5.75 Å². The maximum Gasteiger partial charge on any atom is 0.251 e. The summed E-state index contributed by atoms with van der Waals surface area (Å²) < 4.78 is 34.5. The monoisotopic (exact) mass is 479 g/mol. The molecule has 0 saturated carbocycles. The predicted molar refractivity (Wildman–Crippen MR) is 124 cm³/mol. The van der Waals surface area contributed by atoms with Crippen molar-refractivity contribution in [3.8, 4) is 5.75 Å². The molecule has 3 N–H and O–H groups in total. The molecule has 0 spiro atoms. The molecule has 3 amide bonds. The van der Waals surface area contributed by atoms with Gasteiger partial charge in [-0.05, 0) is 42.5 Å². The average Bonchev–Trinajstić information content (AvgIpc) is 3.20. The number of methoxy groups -OCH3 is 1. The summed E-state index contributed by atoms with van der Waals surface area (Å²) in [5, 5.41) is 7.59. The van der Waals surface area contributed by atoms with E-state index in [0.29, 0.717) is 11.3 Å². The third-order valence-electron chi connectivity index (χ3n) is 5.29. The number of amides is 3. The van der Waals surface area contributed by atoms with Crippen LogP contribution in [0.1, 0.15) is 18.0 Å². The van der Waals surface area contributed by atoms with Gasteiger partial charge in [-0.25, -0.2) is 18.8 Å². The van der Waals surface area contributed by atoms with Gasteiger partial charge in [0.1, 0.15) is 23.4 Å². The molecule has 2 aromatic carbocycles. The third-order valence-corrected chi connectivity index (χ3v) is 6.92. The Morgan fingerprint density at radius 3 is 2.33 bits per heavy atom. The first-order valence-corrected chi connectivity index (χ1v) is 13.0. The number of halogens is 2. The highest BCUT2D eigenvalue weighted by molar-refractivity contribution is 8.32. The van der Waals surface area contributed by atoms with E-state index in [1.807, 2.05) is 18.8 Å². The van der Waals surface area contributed by atoms with Crippen molar-refractivity contribution in [2.24, 2.45) is 5.92 Å². The molecule has 2 unspecified atom stereocenters. The molecule has 7 nitrogen and oxygen atoms in total. The standard InChI is InChI=1S/C23H27F2N3O4S/c1-32-15-7-5-13(6-8-15)21(28-22(30)14-9-20(29)26-12-14)23(31)27-18-10-17(25)19(11-16(18)24)33(2,3)4/h5-8,10-11,14,21H,9,12H2,1-4H3,(H,26,29)(H,27,31)(H,28,30). The van der Waals surface area contributed by atoms with Crippen molar-refractivity contribution in [1.29, 1.82) is 0 Å². The number of benzene rings is 2. The van der Waals surface area contributed by atoms with Gasteiger partial charge in [0.2, 0.25) is 11.8 Å². The second kappa shape index (κ2) is 9.78. The molecule has 0 bridgehead atoms. The van der Waals surface area contributed by atoms with Crippen LogP contribution in [0.4, 0.5) is 14.5 Å². The number of hydrogen-bond donors (Lipinski definition) is 3. The summed E-state index contributed by atoms with van der Waals surface area (Å²) in [6, 6.07) is 7.25. The summed E-state index contributed by atoms with van der Waals surface area (Å²) in [4.78, 5) is 37.5. The largest absolute Gasteiger partial charge is 0.497 e. The average molecular weight is 480 g/mol. The first kappa shape index (κ1) is 24.5. The summed E-state index contributed by atoms with van der Waals surface area (Å²) in [6.45, 7) is 0.165.